The zero-order chi connectivity index (χ0) is 23.1. The molecule has 2 N–H and O–H groups in total. The third-order valence-corrected chi connectivity index (χ3v) is 7.38. The number of fused-ring (bicyclic) bond motifs is 5. The lowest BCUT2D eigenvalue weighted by atomic mass is 9.86. The quantitative estimate of drug-likeness (QED) is 0.532. The van der Waals surface area contributed by atoms with Gasteiger partial charge in [0.25, 0.3) is 5.91 Å². The number of allylic oxidation sites excluding steroid dienone is 1. The van der Waals surface area contributed by atoms with Gasteiger partial charge in [0, 0.05) is 28.2 Å². The summed E-state index contributed by atoms with van der Waals surface area (Å²) in [5.74, 6) is 2.25. The fourth-order valence-corrected chi connectivity index (χ4v) is 5.68. The van der Waals surface area contributed by atoms with Gasteiger partial charge in [-0.15, -0.1) is 0 Å². The molecule has 1 atom stereocenters. The van der Waals surface area contributed by atoms with Gasteiger partial charge < -0.3 is 24.5 Å². The van der Waals surface area contributed by atoms with Crippen molar-refractivity contribution in [3.8, 4) is 17.2 Å². The Morgan fingerprint density at radius 3 is 2.88 bits per heavy atom. The molecule has 6 rings (SSSR count). The lowest BCUT2D eigenvalue weighted by Gasteiger charge is -2.28. The monoisotopic (exact) mass is 458 g/mol. The Kier molecular flexibility index (Phi) is 5.44. The van der Waals surface area contributed by atoms with Crippen molar-refractivity contribution in [1.82, 2.24) is 10.3 Å². The van der Waals surface area contributed by atoms with Crippen LogP contribution in [0.4, 0.5) is 0 Å². The van der Waals surface area contributed by atoms with Gasteiger partial charge >= 0.3 is 0 Å². The van der Waals surface area contributed by atoms with Gasteiger partial charge in [-0.05, 0) is 92.0 Å². The van der Waals surface area contributed by atoms with Crippen molar-refractivity contribution < 1.29 is 19.0 Å². The minimum Gasteiger partial charge on any atom is -0.497 e. The van der Waals surface area contributed by atoms with Crippen molar-refractivity contribution in [2.45, 2.75) is 51.0 Å². The summed E-state index contributed by atoms with van der Waals surface area (Å²) in [6.45, 7) is 0.652. The fraction of sp³-hybridized carbons (Fsp3) is 0.393. The number of rotatable bonds is 5. The smallest absolute Gasteiger partial charge is 0.258 e. The van der Waals surface area contributed by atoms with Crippen LogP contribution in [0.3, 0.4) is 0 Å². The van der Waals surface area contributed by atoms with Gasteiger partial charge in [-0.2, -0.15) is 0 Å². The van der Waals surface area contributed by atoms with Crippen molar-refractivity contribution >= 4 is 22.4 Å². The fourth-order valence-electron chi connectivity index (χ4n) is 5.68. The topological polar surface area (TPSA) is 72.6 Å². The number of H-pyrrole nitrogens is 1. The number of nitrogens with one attached hydrogen (secondary N) is 2. The van der Waals surface area contributed by atoms with Crippen molar-refractivity contribution in [1.29, 1.82) is 0 Å². The molecule has 0 saturated carbocycles. The van der Waals surface area contributed by atoms with E-state index in [0.717, 1.165) is 54.8 Å². The average Bonchev–Trinajstić information content (AvgIpc) is 3.26. The van der Waals surface area contributed by atoms with E-state index >= 15 is 0 Å². The number of hydrogen-bond donors (Lipinski definition) is 2. The summed E-state index contributed by atoms with van der Waals surface area (Å²) in [5, 5.41) is 4.35. The molecule has 34 heavy (non-hydrogen) atoms. The van der Waals surface area contributed by atoms with Gasteiger partial charge in [0.2, 0.25) is 0 Å². The van der Waals surface area contributed by atoms with E-state index in [1.165, 1.54) is 40.5 Å². The Morgan fingerprint density at radius 1 is 1.09 bits per heavy atom. The van der Waals surface area contributed by atoms with Crippen LogP contribution in [-0.2, 0) is 11.2 Å². The summed E-state index contributed by atoms with van der Waals surface area (Å²) in [4.78, 5) is 16.3. The van der Waals surface area contributed by atoms with Crippen LogP contribution < -0.4 is 19.5 Å². The number of aryl methyl sites for hydroxylation is 1. The maximum absolute atomic E-state index is 12.8. The van der Waals surface area contributed by atoms with E-state index in [9.17, 15) is 4.79 Å². The Balaban J connectivity index is 1.13. The highest BCUT2D eigenvalue weighted by Crippen LogP contribution is 2.42. The molecule has 2 heterocycles. The predicted octanol–water partition coefficient (Wildman–Crippen LogP) is 5.47. The number of ether oxygens (including phenoxy) is 3. The molecule has 0 spiro atoms. The Labute approximate surface area is 199 Å². The molecular weight excluding hydrogens is 428 g/mol. The number of aromatic amines is 1. The molecule has 1 aromatic heterocycles. The van der Waals surface area contributed by atoms with Crippen LogP contribution in [0.5, 0.6) is 17.2 Å². The van der Waals surface area contributed by atoms with Crippen LogP contribution >= 0.6 is 0 Å². The third kappa shape index (κ3) is 3.81. The molecule has 0 radical (unpaired) electrons. The highest BCUT2D eigenvalue weighted by Gasteiger charge is 2.26. The molecule has 1 amide bonds. The molecule has 1 aliphatic heterocycles. The van der Waals surface area contributed by atoms with Crippen LogP contribution in [0.25, 0.3) is 16.5 Å². The van der Waals surface area contributed by atoms with Gasteiger partial charge in [-0.3, -0.25) is 4.79 Å². The van der Waals surface area contributed by atoms with Crippen molar-refractivity contribution in [3.05, 3.63) is 58.8 Å². The number of carbonyl (C=O) groups excluding carboxylic acids is 1. The summed E-state index contributed by atoms with van der Waals surface area (Å²) in [7, 11) is 1.68. The van der Waals surface area contributed by atoms with Gasteiger partial charge in [0.05, 0.1) is 13.2 Å². The largest absolute Gasteiger partial charge is 0.497 e. The minimum atomic E-state index is -0.120. The summed E-state index contributed by atoms with van der Waals surface area (Å²) < 4.78 is 17.2. The Morgan fingerprint density at radius 2 is 1.97 bits per heavy atom. The molecule has 0 fully saturated rings. The van der Waals surface area contributed by atoms with Gasteiger partial charge in [-0.25, -0.2) is 0 Å². The van der Waals surface area contributed by atoms with Gasteiger partial charge in [0.1, 0.15) is 23.9 Å². The molecule has 0 unspecified atom stereocenters. The number of methoxy groups -OCH3 is 1. The van der Waals surface area contributed by atoms with E-state index in [2.05, 4.69) is 22.4 Å². The van der Waals surface area contributed by atoms with Crippen LogP contribution in [0.2, 0.25) is 0 Å². The summed E-state index contributed by atoms with van der Waals surface area (Å²) in [6, 6.07) is 12.0. The normalized spacial score (nSPS) is 19.0. The number of benzene rings is 2. The molecule has 6 heteroatoms. The first-order chi connectivity index (χ1) is 16.7. The number of carbonyl (C=O) groups is 1. The molecule has 2 aromatic carbocycles. The summed E-state index contributed by atoms with van der Waals surface area (Å²) >= 11 is 0. The van der Waals surface area contributed by atoms with Crippen LogP contribution in [0, 0.1) is 0 Å². The van der Waals surface area contributed by atoms with E-state index in [0.29, 0.717) is 12.4 Å². The minimum absolute atomic E-state index is 0.0212. The zero-order valence-corrected chi connectivity index (χ0v) is 19.5. The van der Waals surface area contributed by atoms with E-state index in [1.54, 1.807) is 7.11 Å². The van der Waals surface area contributed by atoms with Crippen molar-refractivity contribution in [3.63, 3.8) is 0 Å². The molecule has 0 bridgehead atoms. The second-order valence-corrected chi connectivity index (χ2v) is 9.47. The van der Waals surface area contributed by atoms with E-state index in [-0.39, 0.29) is 18.6 Å². The SMILES string of the molecule is COc1ccc2[nH]c3c(c2c1)CCC[C@H]3NC(=O)COc1ccc2c(c1)OCC1=C2CCCC1. The lowest BCUT2D eigenvalue weighted by Crippen LogP contribution is -2.34. The maximum Gasteiger partial charge on any atom is 0.258 e. The van der Waals surface area contributed by atoms with E-state index in [1.807, 2.05) is 24.3 Å². The number of aromatic nitrogens is 1. The zero-order valence-electron chi connectivity index (χ0n) is 19.5. The summed E-state index contributed by atoms with van der Waals surface area (Å²) in [5.41, 5.74) is 7.52. The van der Waals surface area contributed by atoms with Gasteiger partial charge in [0.15, 0.2) is 6.61 Å². The molecule has 0 saturated heterocycles. The Bertz CT molecular complexity index is 1290. The third-order valence-electron chi connectivity index (χ3n) is 7.38. The highest BCUT2D eigenvalue weighted by molar-refractivity contribution is 5.87. The van der Waals surface area contributed by atoms with E-state index < -0.39 is 0 Å². The van der Waals surface area contributed by atoms with Crippen molar-refractivity contribution in [2.75, 3.05) is 20.3 Å². The highest BCUT2D eigenvalue weighted by atomic mass is 16.5. The maximum atomic E-state index is 12.8. The number of amides is 1. The van der Waals surface area contributed by atoms with Crippen LogP contribution in [0.15, 0.2) is 42.0 Å². The first-order valence-corrected chi connectivity index (χ1v) is 12.3. The molecule has 176 valence electrons. The molecule has 6 nitrogen and oxygen atoms in total. The van der Waals surface area contributed by atoms with Crippen LogP contribution in [0.1, 0.15) is 61.4 Å². The van der Waals surface area contributed by atoms with Crippen molar-refractivity contribution in [2.24, 2.45) is 0 Å². The van der Waals surface area contributed by atoms with Gasteiger partial charge in [-0.1, -0.05) is 0 Å². The molecule has 2 aliphatic carbocycles. The number of hydrogen-bond acceptors (Lipinski definition) is 4. The average molecular weight is 459 g/mol. The van der Waals surface area contributed by atoms with E-state index in [4.69, 9.17) is 14.2 Å². The standard InChI is InChI=1S/C28H30N2O4/c1-32-18-10-12-24-23(13-18)22-7-4-8-25(28(22)30-24)29-27(31)16-33-19-9-11-21-20-6-3-2-5-17(20)15-34-26(21)14-19/h9-14,25,30H,2-8,15-16H2,1H3,(H,29,31)/t25-/m1/s1. The second-order valence-electron chi connectivity index (χ2n) is 9.47. The summed E-state index contributed by atoms with van der Waals surface area (Å²) in [6.07, 6.45) is 7.69. The molecular formula is C28H30N2O4. The molecule has 3 aromatic rings. The van der Waals surface area contributed by atoms with Crippen LogP contribution in [-0.4, -0.2) is 31.2 Å². The first kappa shape index (κ1) is 21.1. The predicted molar refractivity (Wildman–Crippen MR) is 131 cm³/mol. The Hall–Kier alpha value is -3.41. The molecule has 3 aliphatic rings. The second kappa shape index (κ2) is 8.75. The lowest BCUT2D eigenvalue weighted by molar-refractivity contribution is -0.124. The first-order valence-electron chi connectivity index (χ1n) is 12.3.